The van der Waals surface area contributed by atoms with Gasteiger partial charge in [-0.2, -0.15) is 0 Å². The van der Waals surface area contributed by atoms with Gasteiger partial charge in [0.25, 0.3) is 0 Å². The first-order chi connectivity index (χ1) is 9.73. The van der Waals surface area contributed by atoms with Crippen LogP contribution in [0.4, 0.5) is 0 Å². The zero-order valence-corrected chi connectivity index (χ0v) is 11.5. The molecule has 0 radical (unpaired) electrons. The summed E-state index contributed by atoms with van der Waals surface area (Å²) in [6, 6.07) is 9.72. The SMILES string of the molecule is O=C1[C@H]2CCC[C@]1([C@@H](O)c1ccccc1)[C@H]1C=C[C@@H]2C1. The number of carbonyl (C=O) groups is 1. The van der Waals surface area contributed by atoms with Crippen molar-refractivity contribution in [2.75, 3.05) is 0 Å². The molecule has 2 saturated carbocycles. The summed E-state index contributed by atoms with van der Waals surface area (Å²) in [5.74, 6) is 1.14. The van der Waals surface area contributed by atoms with Crippen LogP contribution >= 0.6 is 0 Å². The molecule has 0 aliphatic heterocycles. The van der Waals surface area contributed by atoms with E-state index in [-0.39, 0.29) is 11.8 Å². The van der Waals surface area contributed by atoms with E-state index in [0.717, 1.165) is 31.2 Å². The zero-order valence-electron chi connectivity index (χ0n) is 11.5. The van der Waals surface area contributed by atoms with Crippen molar-refractivity contribution in [1.82, 2.24) is 0 Å². The molecule has 1 N–H and O–H groups in total. The Labute approximate surface area is 119 Å². The Morgan fingerprint density at radius 2 is 2.00 bits per heavy atom. The van der Waals surface area contributed by atoms with Crippen molar-refractivity contribution in [1.29, 1.82) is 0 Å². The molecule has 104 valence electrons. The standard InChI is InChI=1S/C18H20O2/c19-16(12-5-2-1-3-6-12)18-10-4-7-15(17(18)20)13-8-9-14(18)11-13/h1-3,5-6,8-9,13-16,19H,4,7,10-11H2/t13-,14+,15+,16+,18-/m1/s1. The van der Waals surface area contributed by atoms with Crippen LogP contribution in [0, 0.1) is 23.2 Å². The predicted octanol–water partition coefficient (Wildman–Crippen LogP) is 3.28. The number of ketones is 1. The molecule has 1 aromatic carbocycles. The van der Waals surface area contributed by atoms with Gasteiger partial charge >= 0.3 is 0 Å². The van der Waals surface area contributed by atoms with Crippen LogP contribution in [0.25, 0.3) is 0 Å². The molecule has 0 amide bonds. The van der Waals surface area contributed by atoms with Crippen molar-refractivity contribution in [3.63, 3.8) is 0 Å². The van der Waals surface area contributed by atoms with Gasteiger partial charge in [0.2, 0.25) is 0 Å². The normalized spacial score (nSPS) is 39.9. The lowest BCUT2D eigenvalue weighted by molar-refractivity contribution is -0.157. The topological polar surface area (TPSA) is 37.3 Å². The molecule has 0 aromatic heterocycles. The van der Waals surface area contributed by atoms with Gasteiger partial charge in [0.15, 0.2) is 0 Å². The first kappa shape index (κ1) is 12.3. The summed E-state index contributed by atoms with van der Waals surface area (Å²) < 4.78 is 0. The first-order valence-electron chi connectivity index (χ1n) is 7.69. The molecule has 0 saturated heterocycles. The Balaban J connectivity index is 1.81. The van der Waals surface area contributed by atoms with Crippen LogP contribution in [0.5, 0.6) is 0 Å². The van der Waals surface area contributed by atoms with E-state index in [4.69, 9.17) is 0 Å². The molecule has 2 fully saturated rings. The molecule has 0 spiro atoms. The lowest BCUT2D eigenvalue weighted by Crippen LogP contribution is -2.53. The van der Waals surface area contributed by atoms with Crippen LogP contribution in [-0.4, -0.2) is 10.9 Å². The fraction of sp³-hybridized carbons (Fsp3) is 0.500. The Bertz CT molecular complexity index is 562. The van der Waals surface area contributed by atoms with Gasteiger partial charge in [0.1, 0.15) is 5.78 Å². The number of hydrogen-bond donors (Lipinski definition) is 1. The summed E-state index contributed by atoms with van der Waals surface area (Å²) in [4.78, 5) is 13.0. The van der Waals surface area contributed by atoms with Crippen molar-refractivity contribution in [3.05, 3.63) is 48.0 Å². The van der Waals surface area contributed by atoms with Gasteiger partial charge in [0.05, 0.1) is 11.5 Å². The number of rotatable bonds is 2. The maximum atomic E-state index is 13.0. The minimum atomic E-state index is -0.660. The summed E-state index contributed by atoms with van der Waals surface area (Å²) >= 11 is 0. The van der Waals surface area contributed by atoms with E-state index in [0.29, 0.717) is 11.7 Å². The highest BCUT2D eigenvalue weighted by Crippen LogP contribution is 2.60. The highest BCUT2D eigenvalue weighted by atomic mass is 16.3. The van der Waals surface area contributed by atoms with Crippen LogP contribution in [0.3, 0.4) is 0 Å². The monoisotopic (exact) mass is 268 g/mol. The largest absolute Gasteiger partial charge is 0.387 e. The predicted molar refractivity (Wildman–Crippen MR) is 76.9 cm³/mol. The van der Waals surface area contributed by atoms with Crippen molar-refractivity contribution < 1.29 is 9.90 Å². The number of fused-ring (bicyclic) bond motifs is 6. The molecule has 2 heteroatoms. The molecule has 20 heavy (non-hydrogen) atoms. The molecule has 4 bridgehead atoms. The average molecular weight is 268 g/mol. The van der Waals surface area contributed by atoms with Crippen molar-refractivity contribution in [3.8, 4) is 0 Å². The fourth-order valence-electron chi connectivity index (χ4n) is 4.81. The van der Waals surface area contributed by atoms with E-state index in [2.05, 4.69) is 12.2 Å². The summed E-state index contributed by atoms with van der Waals surface area (Å²) in [6.07, 6.45) is 7.74. The second-order valence-electron chi connectivity index (χ2n) is 6.61. The highest BCUT2D eigenvalue weighted by molar-refractivity contribution is 5.91. The van der Waals surface area contributed by atoms with Gasteiger partial charge in [0, 0.05) is 5.92 Å². The van der Waals surface area contributed by atoms with Crippen LogP contribution in [-0.2, 0) is 4.79 Å². The van der Waals surface area contributed by atoms with E-state index >= 15 is 0 Å². The summed E-state index contributed by atoms with van der Waals surface area (Å²) in [6.45, 7) is 0. The molecule has 3 aliphatic rings. The van der Waals surface area contributed by atoms with E-state index in [1.807, 2.05) is 30.3 Å². The second-order valence-corrected chi connectivity index (χ2v) is 6.61. The van der Waals surface area contributed by atoms with E-state index in [9.17, 15) is 9.90 Å². The van der Waals surface area contributed by atoms with Gasteiger partial charge in [-0.05, 0) is 36.7 Å². The second kappa shape index (κ2) is 4.29. The lowest BCUT2D eigenvalue weighted by atomic mass is 9.52. The quantitative estimate of drug-likeness (QED) is 0.836. The minimum absolute atomic E-state index is 0.150. The van der Waals surface area contributed by atoms with Crippen LogP contribution in [0.1, 0.15) is 37.4 Å². The third-order valence-electron chi connectivity index (χ3n) is 5.80. The number of hydrogen-bond acceptors (Lipinski definition) is 2. The molecule has 4 rings (SSSR count). The molecular formula is C18H20O2. The molecule has 2 nitrogen and oxygen atoms in total. The third-order valence-corrected chi connectivity index (χ3v) is 5.80. The fourth-order valence-corrected chi connectivity index (χ4v) is 4.81. The minimum Gasteiger partial charge on any atom is -0.387 e. The van der Waals surface area contributed by atoms with Gasteiger partial charge < -0.3 is 5.11 Å². The van der Waals surface area contributed by atoms with Crippen LogP contribution in [0.15, 0.2) is 42.5 Å². The van der Waals surface area contributed by atoms with Crippen molar-refractivity contribution in [2.45, 2.75) is 31.8 Å². The summed E-state index contributed by atoms with van der Waals surface area (Å²) in [7, 11) is 0. The highest BCUT2D eigenvalue weighted by Gasteiger charge is 2.60. The molecular weight excluding hydrogens is 248 g/mol. The smallest absolute Gasteiger partial charge is 0.146 e. The van der Waals surface area contributed by atoms with Gasteiger partial charge in [-0.25, -0.2) is 0 Å². The Morgan fingerprint density at radius 1 is 1.20 bits per heavy atom. The Hall–Kier alpha value is -1.41. The number of aliphatic hydroxyl groups is 1. The number of Topliss-reactive ketones (excluding diaryl/α,β-unsaturated/α-hetero) is 1. The first-order valence-corrected chi connectivity index (χ1v) is 7.69. The van der Waals surface area contributed by atoms with E-state index in [1.165, 1.54) is 0 Å². The van der Waals surface area contributed by atoms with Gasteiger partial charge in [-0.3, -0.25) is 4.79 Å². The number of carbonyl (C=O) groups excluding carboxylic acids is 1. The van der Waals surface area contributed by atoms with Crippen LogP contribution < -0.4 is 0 Å². The van der Waals surface area contributed by atoms with Gasteiger partial charge in [-0.1, -0.05) is 48.9 Å². The molecule has 3 aliphatic carbocycles. The molecule has 0 unspecified atom stereocenters. The van der Waals surface area contributed by atoms with E-state index < -0.39 is 11.5 Å². The third kappa shape index (κ3) is 1.46. The summed E-state index contributed by atoms with van der Waals surface area (Å²) in [5.41, 5.74) is 0.327. The zero-order chi connectivity index (χ0) is 13.7. The Kier molecular flexibility index (Phi) is 2.65. The molecule has 1 aromatic rings. The maximum absolute atomic E-state index is 13.0. The number of allylic oxidation sites excluding steroid dienone is 2. The van der Waals surface area contributed by atoms with Crippen molar-refractivity contribution >= 4 is 5.78 Å². The maximum Gasteiger partial charge on any atom is 0.146 e. The lowest BCUT2D eigenvalue weighted by Gasteiger charge is -2.50. The summed E-state index contributed by atoms with van der Waals surface area (Å²) in [5, 5.41) is 11.0. The van der Waals surface area contributed by atoms with E-state index in [1.54, 1.807) is 0 Å². The number of benzene rings is 1. The molecule has 5 atom stereocenters. The number of aliphatic hydroxyl groups excluding tert-OH is 1. The molecule has 0 heterocycles. The average Bonchev–Trinajstić information content (AvgIpc) is 2.95. The van der Waals surface area contributed by atoms with Crippen LogP contribution in [0.2, 0.25) is 0 Å². The Morgan fingerprint density at radius 3 is 2.80 bits per heavy atom. The van der Waals surface area contributed by atoms with Crippen molar-refractivity contribution in [2.24, 2.45) is 23.2 Å². The van der Waals surface area contributed by atoms with Gasteiger partial charge in [-0.15, -0.1) is 0 Å².